The summed E-state index contributed by atoms with van der Waals surface area (Å²) in [4.78, 5) is 20.3. The van der Waals surface area contributed by atoms with Crippen molar-refractivity contribution in [3.8, 4) is 5.69 Å². The number of thioether (sulfide) groups is 1. The zero-order valence-corrected chi connectivity index (χ0v) is 16.5. The molecule has 0 radical (unpaired) electrons. The van der Waals surface area contributed by atoms with Crippen LogP contribution >= 0.6 is 11.8 Å². The van der Waals surface area contributed by atoms with Gasteiger partial charge in [0.25, 0.3) is 0 Å². The lowest BCUT2D eigenvalue weighted by atomic mass is 10.1. The Kier molecular flexibility index (Phi) is 4.87. The Morgan fingerprint density at radius 1 is 1.21 bits per heavy atom. The fourth-order valence-corrected chi connectivity index (χ4v) is 3.82. The molecule has 0 saturated heterocycles. The molecule has 142 valence electrons. The number of ether oxygens (including phenoxy) is 1. The normalized spacial score (nSPS) is 11.1. The number of carbonyl (C=O) groups excluding carboxylic acids is 1. The van der Waals surface area contributed by atoms with Gasteiger partial charge < -0.3 is 9.15 Å². The summed E-state index contributed by atoms with van der Waals surface area (Å²) < 4.78 is 12.0. The van der Waals surface area contributed by atoms with Crippen LogP contribution in [0.2, 0.25) is 0 Å². The highest BCUT2D eigenvalue weighted by Crippen LogP contribution is 2.29. The van der Waals surface area contributed by atoms with Gasteiger partial charge in [-0.1, -0.05) is 29.5 Å². The standard InChI is InChI=1S/C20H18N4O3S/c1-12-4-6-16(13(2)8-12)24-18-15(9-23-24)19(22-11-21-18)28-10-14-5-7-17(27-14)20(25)26-3/h4-9,11H,10H2,1-3H3. The molecule has 0 fully saturated rings. The number of hydrogen-bond donors (Lipinski definition) is 0. The van der Waals surface area contributed by atoms with Crippen molar-refractivity contribution in [3.05, 3.63) is 65.5 Å². The minimum absolute atomic E-state index is 0.189. The van der Waals surface area contributed by atoms with E-state index in [4.69, 9.17) is 4.42 Å². The van der Waals surface area contributed by atoms with Crippen molar-refractivity contribution in [3.63, 3.8) is 0 Å². The molecule has 3 heterocycles. The summed E-state index contributed by atoms with van der Waals surface area (Å²) in [5.41, 5.74) is 4.07. The van der Waals surface area contributed by atoms with Gasteiger partial charge in [0.2, 0.25) is 5.76 Å². The highest BCUT2D eigenvalue weighted by molar-refractivity contribution is 7.98. The summed E-state index contributed by atoms with van der Waals surface area (Å²) in [6, 6.07) is 9.59. The van der Waals surface area contributed by atoms with E-state index in [1.165, 1.54) is 30.8 Å². The van der Waals surface area contributed by atoms with Gasteiger partial charge in [-0.15, -0.1) is 0 Å². The number of esters is 1. The van der Waals surface area contributed by atoms with Crippen molar-refractivity contribution in [2.24, 2.45) is 0 Å². The van der Waals surface area contributed by atoms with Crippen LogP contribution in [0, 0.1) is 13.8 Å². The van der Waals surface area contributed by atoms with E-state index < -0.39 is 5.97 Å². The molecule has 4 aromatic rings. The second-order valence-electron chi connectivity index (χ2n) is 6.31. The van der Waals surface area contributed by atoms with Crippen molar-refractivity contribution in [1.82, 2.24) is 19.7 Å². The molecule has 0 aliphatic rings. The SMILES string of the molecule is COC(=O)c1ccc(CSc2ncnc3c2cnn3-c2ccc(C)cc2C)o1. The Labute approximate surface area is 165 Å². The summed E-state index contributed by atoms with van der Waals surface area (Å²) in [6.07, 6.45) is 3.31. The summed E-state index contributed by atoms with van der Waals surface area (Å²) in [5.74, 6) is 0.889. The minimum Gasteiger partial charge on any atom is -0.463 e. The molecule has 4 rings (SSSR count). The van der Waals surface area contributed by atoms with Gasteiger partial charge in [0.1, 0.15) is 17.1 Å². The van der Waals surface area contributed by atoms with Gasteiger partial charge in [0.05, 0.1) is 30.1 Å². The number of hydrogen-bond acceptors (Lipinski definition) is 7. The number of aromatic nitrogens is 4. The number of fused-ring (bicyclic) bond motifs is 1. The van der Waals surface area contributed by atoms with Gasteiger partial charge in [-0.25, -0.2) is 19.4 Å². The van der Waals surface area contributed by atoms with Crippen LogP contribution in [-0.2, 0) is 10.5 Å². The Bertz CT molecular complexity index is 1170. The molecular weight excluding hydrogens is 376 g/mol. The monoisotopic (exact) mass is 394 g/mol. The zero-order valence-electron chi connectivity index (χ0n) is 15.7. The van der Waals surface area contributed by atoms with Crippen molar-refractivity contribution < 1.29 is 13.9 Å². The van der Waals surface area contributed by atoms with E-state index in [0.29, 0.717) is 11.5 Å². The van der Waals surface area contributed by atoms with E-state index in [1.807, 2.05) is 10.7 Å². The number of carbonyl (C=O) groups is 1. The molecule has 0 saturated carbocycles. The third kappa shape index (κ3) is 3.38. The highest BCUT2D eigenvalue weighted by Gasteiger charge is 2.15. The molecule has 7 nitrogen and oxygen atoms in total. The number of aryl methyl sites for hydroxylation is 2. The van der Waals surface area contributed by atoms with Crippen molar-refractivity contribution >= 4 is 28.8 Å². The predicted molar refractivity (Wildman–Crippen MR) is 106 cm³/mol. The lowest BCUT2D eigenvalue weighted by Crippen LogP contribution is -2.00. The maximum absolute atomic E-state index is 11.5. The first kappa shape index (κ1) is 18.2. The van der Waals surface area contributed by atoms with Crippen LogP contribution in [0.5, 0.6) is 0 Å². The molecule has 0 aliphatic carbocycles. The second kappa shape index (κ2) is 7.47. The van der Waals surface area contributed by atoms with Crippen LogP contribution in [0.25, 0.3) is 16.7 Å². The number of nitrogens with zero attached hydrogens (tertiary/aromatic N) is 4. The Hall–Kier alpha value is -3.13. The molecule has 0 aliphatic heterocycles. The van der Waals surface area contributed by atoms with Gasteiger partial charge in [-0.2, -0.15) is 5.10 Å². The topological polar surface area (TPSA) is 83.0 Å². The maximum atomic E-state index is 11.5. The van der Waals surface area contributed by atoms with Crippen molar-refractivity contribution in [2.45, 2.75) is 24.6 Å². The van der Waals surface area contributed by atoms with Crippen LogP contribution in [0.3, 0.4) is 0 Å². The van der Waals surface area contributed by atoms with Crippen LogP contribution in [-0.4, -0.2) is 32.8 Å². The maximum Gasteiger partial charge on any atom is 0.373 e. The summed E-state index contributed by atoms with van der Waals surface area (Å²) in [5, 5.41) is 6.20. The lowest BCUT2D eigenvalue weighted by Gasteiger charge is -2.08. The van der Waals surface area contributed by atoms with Crippen LogP contribution in [0.1, 0.15) is 27.4 Å². The smallest absolute Gasteiger partial charge is 0.373 e. The largest absolute Gasteiger partial charge is 0.463 e. The van der Waals surface area contributed by atoms with Crippen molar-refractivity contribution in [1.29, 1.82) is 0 Å². The van der Waals surface area contributed by atoms with E-state index >= 15 is 0 Å². The molecule has 3 aromatic heterocycles. The quantitative estimate of drug-likeness (QED) is 0.286. The molecule has 0 atom stereocenters. The van der Waals surface area contributed by atoms with Crippen LogP contribution in [0.4, 0.5) is 0 Å². The number of rotatable bonds is 5. The van der Waals surface area contributed by atoms with E-state index in [1.54, 1.807) is 18.3 Å². The fourth-order valence-electron chi connectivity index (χ4n) is 2.96. The molecule has 0 spiro atoms. The molecule has 1 aromatic carbocycles. The van der Waals surface area contributed by atoms with Gasteiger partial charge in [0, 0.05) is 0 Å². The van der Waals surface area contributed by atoms with Crippen molar-refractivity contribution in [2.75, 3.05) is 7.11 Å². The number of benzene rings is 1. The Balaban J connectivity index is 1.61. The third-order valence-corrected chi connectivity index (χ3v) is 5.34. The Morgan fingerprint density at radius 2 is 2.07 bits per heavy atom. The van der Waals surface area contributed by atoms with Crippen LogP contribution < -0.4 is 0 Å². The highest BCUT2D eigenvalue weighted by atomic mass is 32.2. The molecule has 28 heavy (non-hydrogen) atoms. The van der Waals surface area contributed by atoms with E-state index in [9.17, 15) is 4.79 Å². The molecule has 0 amide bonds. The van der Waals surface area contributed by atoms with Gasteiger partial charge in [-0.05, 0) is 37.6 Å². The van der Waals surface area contributed by atoms with Gasteiger partial charge in [-0.3, -0.25) is 0 Å². The fraction of sp³-hybridized carbons (Fsp3) is 0.200. The van der Waals surface area contributed by atoms with E-state index in [0.717, 1.165) is 27.3 Å². The van der Waals surface area contributed by atoms with E-state index in [-0.39, 0.29) is 5.76 Å². The third-order valence-electron chi connectivity index (χ3n) is 4.31. The predicted octanol–water partition coefficient (Wildman–Crippen LogP) is 4.10. The molecule has 8 heteroatoms. The first-order valence-corrected chi connectivity index (χ1v) is 9.61. The van der Waals surface area contributed by atoms with E-state index in [2.05, 4.69) is 45.8 Å². The second-order valence-corrected chi connectivity index (χ2v) is 7.27. The lowest BCUT2D eigenvalue weighted by molar-refractivity contribution is 0.0563. The average molecular weight is 394 g/mol. The molecule has 0 unspecified atom stereocenters. The summed E-state index contributed by atoms with van der Waals surface area (Å²) >= 11 is 1.50. The summed E-state index contributed by atoms with van der Waals surface area (Å²) in [7, 11) is 1.32. The summed E-state index contributed by atoms with van der Waals surface area (Å²) in [6.45, 7) is 4.12. The number of furan rings is 1. The van der Waals surface area contributed by atoms with Gasteiger partial charge in [0.15, 0.2) is 5.65 Å². The van der Waals surface area contributed by atoms with Crippen LogP contribution in [0.15, 0.2) is 52.3 Å². The Morgan fingerprint density at radius 3 is 2.86 bits per heavy atom. The van der Waals surface area contributed by atoms with Gasteiger partial charge >= 0.3 is 5.97 Å². The first-order chi connectivity index (χ1) is 13.6. The minimum atomic E-state index is -0.490. The molecule has 0 N–H and O–H groups in total. The average Bonchev–Trinajstić information content (AvgIpc) is 3.33. The first-order valence-electron chi connectivity index (χ1n) is 8.63. The molecule has 0 bridgehead atoms. The zero-order chi connectivity index (χ0) is 19.7. The number of methoxy groups -OCH3 is 1. The molecular formula is C20H18N4O3S.